The van der Waals surface area contributed by atoms with Crippen molar-refractivity contribution in [1.82, 2.24) is 5.32 Å². The number of methoxy groups -OCH3 is 1. The number of nitrogens with one attached hydrogen (secondary N) is 1. The summed E-state index contributed by atoms with van der Waals surface area (Å²) < 4.78 is 5.32. The molecule has 0 unspecified atom stereocenters. The van der Waals surface area contributed by atoms with Crippen molar-refractivity contribution >= 4 is 17.5 Å². The first-order valence-electron chi connectivity index (χ1n) is 9.19. The van der Waals surface area contributed by atoms with Gasteiger partial charge in [0.05, 0.1) is 7.11 Å². The molecular weight excluding hydrogens is 340 g/mol. The highest BCUT2D eigenvalue weighted by molar-refractivity contribution is 5.97. The lowest BCUT2D eigenvalue weighted by molar-refractivity contribution is -0.123. The van der Waals surface area contributed by atoms with Gasteiger partial charge in [0, 0.05) is 19.2 Å². The molecule has 2 rings (SSSR count). The van der Waals surface area contributed by atoms with Crippen LogP contribution in [0, 0.1) is 0 Å². The van der Waals surface area contributed by atoms with Crippen LogP contribution in [0.4, 0.5) is 5.69 Å². The molecule has 0 fully saturated rings. The second kappa shape index (κ2) is 9.76. The molecule has 0 aliphatic carbocycles. The number of benzene rings is 2. The molecule has 0 aliphatic rings. The molecule has 0 spiro atoms. The Bertz CT molecular complexity index is 769. The molecule has 0 aromatic heterocycles. The number of ether oxygens (including phenoxy) is 1. The number of para-hydroxylation sites is 1. The second-order valence-electron chi connectivity index (χ2n) is 6.76. The summed E-state index contributed by atoms with van der Waals surface area (Å²) in [5.74, 6) is 0.880. The highest BCUT2D eigenvalue weighted by atomic mass is 16.5. The maximum Gasteiger partial charge on any atom is 0.240 e. The molecule has 0 atom stereocenters. The van der Waals surface area contributed by atoms with Gasteiger partial charge in [-0.2, -0.15) is 0 Å². The maximum absolute atomic E-state index is 12.3. The first-order valence-corrected chi connectivity index (χ1v) is 9.19. The summed E-state index contributed by atoms with van der Waals surface area (Å²) in [6, 6.07) is 15.5. The fourth-order valence-electron chi connectivity index (χ4n) is 2.87. The van der Waals surface area contributed by atoms with Crippen molar-refractivity contribution in [2.75, 3.05) is 25.1 Å². The molecule has 0 radical (unpaired) electrons. The minimum Gasteiger partial charge on any atom is -0.496 e. The molecule has 0 heterocycles. The van der Waals surface area contributed by atoms with Gasteiger partial charge < -0.3 is 15.0 Å². The minimum atomic E-state index is -0.187. The van der Waals surface area contributed by atoms with E-state index in [1.165, 1.54) is 17.4 Å². The standard InChI is InChI=1S/C22H28N2O3/c1-16(2)18-9-11-20(12-10-18)24(17(3)25)15-22(26)23-14-13-19-7-5-6-8-21(19)27-4/h5-12,16H,13-15H2,1-4H3,(H,23,26). The smallest absolute Gasteiger partial charge is 0.240 e. The van der Waals surface area contributed by atoms with Gasteiger partial charge in [0.25, 0.3) is 0 Å². The van der Waals surface area contributed by atoms with E-state index in [9.17, 15) is 9.59 Å². The summed E-state index contributed by atoms with van der Waals surface area (Å²) in [7, 11) is 1.63. The zero-order valence-electron chi connectivity index (χ0n) is 16.5. The van der Waals surface area contributed by atoms with E-state index in [4.69, 9.17) is 4.74 Å². The van der Waals surface area contributed by atoms with Crippen LogP contribution in [0.1, 0.15) is 37.8 Å². The van der Waals surface area contributed by atoms with Crippen LogP contribution in [0.3, 0.4) is 0 Å². The highest BCUT2D eigenvalue weighted by Gasteiger charge is 2.16. The van der Waals surface area contributed by atoms with Crippen molar-refractivity contribution in [2.45, 2.75) is 33.1 Å². The maximum atomic E-state index is 12.3. The predicted molar refractivity (Wildman–Crippen MR) is 108 cm³/mol. The number of carbonyl (C=O) groups excluding carboxylic acids is 2. The Balaban J connectivity index is 1.94. The molecule has 1 N–H and O–H groups in total. The minimum absolute atomic E-state index is 0.00227. The Morgan fingerprint density at radius 1 is 1.07 bits per heavy atom. The third-order valence-electron chi connectivity index (χ3n) is 4.46. The molecule has 0 saturated carbocycles. The number of nitrogens with zero attached hydrogens (tertiary/aromatic N) is 1. The second-order valence-corrected chi connectivity index (χ2v) is 6.76. The average molecular weight is 368 g/mol. The SMILES string of the molecule is COc1ccccc1CCNC(=O)CN(C(C)=O)c1ccc(C(C)C)cc1. The zero-order chi connectivity index (χ0) is 19.8. The van der Waals surface area contributed by atoms with E-state index in [1.807, 2.05) is 48.5 Å². The zero-order valence-corrected chi connectivity index (χ0v) is 16.5. The van der Waals surface area contributed by atoms with Crippen LogP contribution in [0.2, 0.25) is 0 Å². The molecule has 0 saturated heterocycles. The lowest BCUT2D eigenvalue weighted by Gasteiger charge is -2.21. The average Bonchev–Trinajstić information content (AvgIpc) is 2.66. The van der Waals surface area contributed by atoms with E-state index >= 15 is 0 Å². The van der Waals surface area contributed by atoms with Crippen LogP contribution >= 0.6 is 0 Å². The Kier molecular flexibility index (Phi) is 7.41. The van der Waals surface area contributed by atoms with Gasteiger partial charge in [0.15, 0.2) is 0 Å². The normalized spacial score (nSPS) is 10.6. The Morgan fingerprint density at radius 3 is 2.33 bits per heavy atom. The van der Waals surface area contributed by atoms with Crippen LogP contribution in [0.25, 0.3) is 0 Å². The Labute approximate surface area is 161 Å². The van der Waals surface area contributed by atoms with Crippen molar-refractivity contribution in [3.8, 4) is 5.75 Å². The summed E-state index contributed by atoms with van der Waals surface area (Å²) in [6.07, 6.45) is 0.666. The van der Waals surface area contributed by atoms with E-state index < -0.39 is 0 Å². The van der Waals surface area contributed by atoms with Crippen LogP contribution in [0.15, 0.2) is 48.5 Å². The summed E-state index contributed by atoms with van der Waals surface area (Å²) in [5, 5.41) is 2.88. The molecule has 2 aromatic rings. The Morgan fingerprint density at radius 2 is 1.74 bits per heavy atom. The summed E-state index contributed by atoms with van der Waals surface area (Å²) in [6.45, 7) is 6.19. The van der Waals surface area contributed by atoms with Crippen molar-refractivity contribution in [1.29, 1.82) is 0 Å². The van der Waals surface area contributed by atoms with Gasteiger partial charge in [-0.15, -0.1) is 0 Å². The van der Waals surface area contributed by atoms with Crippen LogP contribution in [-0.2, 0) is 16.0 Å². The number of amides is 2. The van der Waals surface area contributed by atoms with Gasteiger partial charge in [-0.05, 0) is 41.7 Å². The molecular formula is C22H28N2O3. The monoisotopic (exact) mass is 368 g/mol. The fraction of sp³-hybridized carbons (Fsp3) is 0.364. The van der Waals surface area contributed by atoms with E-state index in [0.717, 1.165) is 17.0 Å². The van der Waals surface area contributed by atoms with Gasteiger partial charge in [0.2, 0.25) is 11.8 Å². The molecule has 2 amide bonds. The molecule has 5 nitrogen and oxygen atoms in total. The van der Waals surface area contributed by atoms with E-state index in [2.05, 4.69) is 19.2 Å². The van der Waals surface area contributed by atoms with Gasteiger partial charge in [-0.25, -0.2) is 0 Å². The Hall–Kier alpha value is -2.82. The first kappa shape index (κ1) is 20.5. The largest absolute Gasteiger partial charge is 0.496 e. The molecule has 0 bridgehead atoms. The fourth-order valence-corrected chi connectivity index (χ4v) is 2.87. The number of hydrogen-bond donors (Lipinski definition) is 1. The molecule has 5 heteroatoms. The highest BCUT2D eigenvalue weighted by Crippen LogP contribution is 2.20. The number of anilines is 1. The van der Waals surface area contributed by atoms with Crippen molar-refractivity contribution < 1.29 is 14.3 Å². The number of carbonyl (C=O) groups is 2. The van der Waals surface area contributed by atoms with Gasteiger partial charge in [0.1, 0.15) is 12.3 Å². The van der Waals surface area contributed by atoms with Crippen LogP contribution in [-0.4, -0.2) is 32.0 Å². The lowest BCUT2D eigenvalue weighted by Crippen LogP contribution is -2.40. The topological polar surface area (TPSA) is 58.6 Å². The molecule has 144 valence electrons. The van der Waals surface area contributed by atoms with Crippen LogP contribution in [0.5, 0.6) is 5.75 Å². The summed E-state index contributed by atoms with van der Waals surface area (Å²) in [4.78, 5) is 25.8. The van der Waals surface area contributed by atoms with Gasteiger partial charge >= 0.3 is 0 Å². The summed E-state index contributed by atoms with van der Waals surface area (Å²) >= 11 is 0. The third kappa shape index (κ3) is 5.84. The number of rotatable bonds is 8. The molecule has 27 heavy (non-hydrogen) atoms. The quantitative estimate of drug-likeness (QED) is 0.775. The number of hydrogen-bond acceptors (Lipinski definition) is 3. The third-order valence-corrected chi connectivity index (χ3v) is 4.46. The van der Waals surface area contributed by atoms with Crippen molar-refractivity contribution in [2.24, 2.45) is 0 Å². The van der Waals surface area contributed by atoms with Gasteiger partial charge in [-0.1, -0.05) is 44.2 Å². The van der Waals surface area contributed by atoms with Crippen molar-refractivity contribution in [3.05, 3.63) is 59.7 Å². The first-order chi connectivity index (χ1) is 12.9. The van der Waals surface area contributed by atoms with E-state index in [1.54, 1.807) is 7.11 Å². The van der Waals surface area contributed by atoms with Crippen molar-refractivity contribution in [3.63, 3.8) is 0 Å². The molecule has 0 aliphatic heterocycles. The van der Waals surface area contributed by atoms with E-state index in [0.29, 0.717) is 18.9 Å². The van der Waals surface area contributed by atoms with Gasteiger partial charge in [-0.3, -0.25) is 9.59 Å². The lowest BCUT2D eigenvalue weighted by atomic mass is 10.0. The van der Waals surface area contributed by atoms with E-state index in [-0.39, 0.29) is 18.4 Å². The predicted octanol–water partition coefficient (Wildman–Crippen LogP) is 3.53. The van der Waals surface area contributed by atoms with Crippen LogP contribution < -0.4 is 15.0 Å². The summed E-state index contributed by atoms with van der Waals surface area (Å²) in [5.41, 5.74) is 2.96. The molecule has 2 aromatic carbocycles.